The number of hydrogen-bond acceptors (Lipinski definition) is 8. The number of benzene rings is 1. The summed E-state index contributed by atoms with van der Waals surface area (Å²) in [7, 11) is 1.39. The normalized spacial score (nSPS) is 19.3. The lowest BCUT2D eigenvalue weighted by Crippen LogP contribution is -2.46. The van der Waals surface area contributed by atoms with Crippen LogP contribution in [0.5, 0.6) is 0 Å². The quantitative estimate of drug-likeness (QED) is 0.175. The molecule has 13 nitrogen and oxygen atoms in total. The highest BCUT2D eigenvalue weighted by atomic mass is 16.5. The smallest absolute Gasteiger partial charge is 0.407 e. The Morgan fingerprint density at radius 2 is 1.60 bits per heavy atom. The molecule has 50 heavy (non-hydrogen) atoms. The number of carbonyl (C=O) groups is 2. The Morgan fingerprint density at radius 3 is 2.30 bits per heavy atom. The zero-order valence-electron chi connectivity index (χ0n) is 29.6. The molecule has 2 aliphatic heterocycles. The van der Waals surface area contributed by atoms with E-state index < -0.39 is 12.1 Å². The number of ether oxygens (including phenoxy) is 1. The van der Waals surface area contributed by atoms with Gasteiger partial charge in [-0.2, -0.15) is 0 Å². The zero-order chi connectivity index (χ0) is 35.5. The third kappa shape index (κ3) is 7.38. The SMILES string of the molecule is COC(=O)NC(CN1CCCC1c1ncc(-c2ccc(-c3ccn(-c4cnc(C5CCCN5C(=O)C(N)C(C)C)[nH]4)c(=O)c3)cc2)[nH]1)C(C)C. The van der Waals surface area contributed by atoms with Gasteiger partial charge in [0.25, 0.3) is 5.56 Å². The highest BCUT2D eigenvalue weighted by molar-refractivity contribution is 5.82. The van der Waals surface area contributed by atoms with Gasteiger partial charge in [0, 0.05) is 31.4 Å². The highest BCUT2D eigenvalue weighted by Crippen LogP contribution is 2.33. The van der Waals surface area contributed by atoms with Gasteiger partial charge in [-0.05, 0) is 66.8 Å². The van der Waals surface area contributed by atoms with Crippen molar-refractivity contribution in [2.45, 2.75) is 77.5 Å². The van der Waals surface area contributed by atoms with Crippen LogP contribution in [0.2, 0.25) is 0 Å². The molecule has 1 aromatic carbocycles. The fourth-order valence-electron chi connectivity index (χ4n) is 7.00. The number of aromatic nitrogens is 5. The summed E-state index contributed by atoms with van der Waals surface area (Å²) in [5.41, 5.74) is 9.63. The van der Waals surface area contributed by atoms with Crippen molar-refractivity contribution in [2.24, 2.45) is 17.6 Å². The Balaban J connectivity index is 1.12. The molecule has 2 saturated heterocycles. The Kier molecular flexibility index (Phi) is 10.5. The van der Waals surface area contributed by atoms with Crippen LogP contribution in [0.1, 0.15) is 77.1 Å². The van der Waals surface area contributed by atoms with Crippen molar-refractivity contribution in [1.29, 1.82) is 0 Å². The topological polar surface area (TPSA) is 167 Å². The predicted octanol–water partition coefficient (Wildman–Crippen LogP) is 4.78. The molecule has 13 heteroatoms. The van der Waals surface area contributed by atoms with E-state index in [1.54, 1.807) is 18.5 Å². The molecule has 4 unspecified atom stereocenters. The van der Waals surface area contributed by atoms with Crippen molar-refractivity contribution in [1.82, 2.24) is 39.6 Å². The van der Waals surface area contributed by atoms with Gasteiger partial charge < -0.3 is 30.7 Å². The number of rotatable bonds is 11. The van der Waals surface area contributed by atoms with Crippen LogP contribution in [-0.2, 0) is 9.53 Å². The summed E-state index contributed by atoms with van der Waals surface area (Å²) in [5.74, 6) is 2.36. The van der Waals surface area contributed by atoms with E-state index in [2.05, 4.69) is 39.0 Å². The first kappa shape index (κ1) is 35.1. The van der Waals surface area contributed by atoms with Gasteiger partial charge in [-0.15, -0.1) is 0 Å². The summed E-state index contributed by atoms with van der Waals surface area (Å²) >= 11 is 0. The fourth-order valence-corrected chi connectivity index (χ4v) is 7.00. The first-order chi connectivity index (χ1) is 24.0. The van der Waals surface area contributed by atoms with Crippen molar-refractivity contribution in [3.8, 4) is 28.2 Å². The molecule has 2 aliphatic rings. The maximum absolute atomic E-state index is 13.3. The van der Waals surface area contributed by atoms with Crippen LogP contribution < -0.4 is 16.6 Å². The second-order valence-electron chi connectivity index (χ2n) is 14.1. The number of H-pyrrole nitrogens is 2. The highest BCUT2D eigenvalue weighted by Gasteiger charge is 2.35. The summed E-state index contributed by atoms with van der Waals surface area (Å²) < 4.78 is 6.37. The van der Waals surface area contributed by atoms with Crippen LogP contribution in [0, 0.1) is 11.8 Å². The number of likely N-dealkylation sites (tertiary alicyclic amines) is 2. The Morgan fingerprint density at radius 1 is 0.920 bits per heavy atom. The van der Waals surface area contributed by atoms with E-state index in [0.717, 1.165) is 67.0 Å². The summed E-state index contributed by atoms with van der Waals surface area (Å²) in [4.78, 5) is 58.5. The molecule has 2 fully saturated rings. The standard InChI is InChI=1S/C37H49N9O4/c1-22(2)28(42-37(49)50-5)21-44-15-6-8-29(44)34-39-19-27(41-34)25-12-10-24(11-13-25)26-14-17-46(32(47)18-26)31-20-40-35(43-31)30-9-7-16-45(30)36(48)33(38)23(3)4/h10-14,17-20,22-23,28-30,33H,6-9,15-16,21,38H2,1-5H3,(H,39,41)(H,40,43)(H,42,49). The molecule has 0 radical (unpaired) electrons. The number of alkyl carbamates (subject to hydrolysis) is 1. The van der Waals surface area contributed by atoms with E-state index in [4.69, 9.17) is 15.5 Å². The maximum Gasteiger partial charge on any atom is 0.407 e. The molecule has 3 aromatic heterocycles. The average molecular weight is 684 g/mol. The molecule has 0 saturated carbocycles. The molecule has 0 spiro atoms. The van der Waals surface area contributed by atoms with E-state index in [9.17, 15) is 14.4 Å². The average Bonchev–Trinajstić information content (AvgIpc) is 3.94. The largest absolute Gasteiger partial charge is 0.453 e. The Hall–Kier alpha value is -4.75. The molecule has 0 bridgehead atoms. The minimum Gasteiger partial charge on any atom is -0.453 e. The number of imidazole rings is 2. The maximum atomic E-state index is 13.3. The summed E-state index contributed by atoms with van der Waals surface area (Å²) in [6, 6.07) is 11.0. The van der Waals surface area contributed by atoms with Crippen molar-refractivity contribution in [3.63, 3.8) is 0 Å². The molecule has 266 valence electrons. The molecule has 5 heterocycles. The third-order valence-electron chi connectivity index (χ3n) is 10.1. The fraction of sp³-hybridized carbons (Fsp3) is 0.486. The summed E-state index contributed by atoms with van der Waals surface area (Å²) in [6.45, 7) is 10.4. The van der Waals surface area contributed by atoms with E-state index in [1.165, 1.54) is 11.7 Å². The van der Waals surface area contributed by atoms with Crippen LogP contribution in [0.4, 0.5) is 4.79 Å². The number of carbonyl (C=O) groups excluding carboxylic acids is 2. The van der Waals surface area contributed by atoms with Crippen molar-refractivity contribution < 1.29 is 14.3 Å². The monoisotopic (exact) mass is 683 g/mol. The minimum atomic E-state index is -0.554. The van der Waals surface area contributed by atoms with Crippen molar-refractivity contribution in [3.05, 3.63) is 77.0 Å². The summed E-state index contributed by atoms with van der Waals surface area (Å²) in [6.07, 6.45) is 8.56. The van der Waals surface area contributed by atoms with Crippen LogP contribution in [-0.4, -0.2) is 85.1 Å². The van der Waals surface area contributed by atoms with Gasteiger partial charge in [-0.25, -0.2) is 14.8 Å². The van der Waals surface area contributed by atoms with Crippen molar-refractivity contribution in [2.75, 3.05) is 26.7 Å². The van der Waals surface area contributed by atoms with E-state index in [1.807, 2.05) is 55.3 Å². The van der Waals surface area contributed by atoms with Crippen molar-refractivity contribution >= 4 is 12.0 Å². The lowest BCUT2D eigenvalue weighted by atomic mass is 10.0. The Bertz CT molecular complexity index is 1840. The van der Waals surface area contributed by atoms with E-state index >= 15 is 0 Å². The summed E-state index contributed by atoms with van der Waals surface area (Å²) in [5, 5.41) is 2.98. The second-order valence-corrected chi connectivity index (χ2v) is 14.1. The first-order valence-corrected chi connectivity index (χ1v) is 17.6. The van der Waals surface area contributed by atoms with Gasteiger partial charge >= 0.3 is 6.09 Å². The number of pyridine rings is 1. The second kappa shape index (κ2) is 15.0. The van der Waals surface area contributed by atoms with Gasteiger partial charge in [0.15, 0.2) is 0 Å². The number of methoxy groups -OCH3 is 1. The van der Waals surface area contributed by atoms with E-state index in [0.29, 0.717) is 18.2 Å². The molecule has 5 N–H and O–H groups in total. The van der Waals surface area contributed by atoms with Gasteiger partial charge in [-0.1, -0.05) is 52.0 Å². The number of hydrogen-bond donors (Lipinski definition) is 4. The van der Waals surface area contributed by atoms with Crippen LogP contribution in [0.15, 0.2) is 59.8 Å². The predicted molar refractivity (Wildman–Crippen MR) is 191 cm³/mol. The third-order valence-corrected chi connectivity index (χ3v) is 10.1. The molecule has 2 amide bonds. The van der Waals surface area contributed by atoms with Crippen LogP contribution >= 0.6 is 0 Å². The molecular formula is C37H49N9O4. The number of nitrogens with two attached hydrogens (primary N) is 1. The Labute approximate surface area is 292 Å². The minimum absolute atomic E-state index is 0.0294. The molecule has 4 aromatic rings. The number of nitrogens with one attached hydrogen (secondary N) is 3. The van der Waals surface area contributed by atoms with Crippen LogP contribution in [0.3, 0.4) is 0 Å². The lowest BCUT2D eigenvalue weighted by molar-refractivity contribution is -0.134. The van der Waals surface area contributed by atoms with Gasteiger partial charge in [0.1, 0.15) is 17.5 Å². The molecule has 0 aliphatic carbocycles. The molecule has 6 rings (SSSR count). The zero-order valence-corrected chi connectivity index (χ0v) is 29.6. The number of aromatic amines is 2. The lowest BCUT2D eigenvalue weighted by Gasteiger charge is -2.30. The number of nitrogens with zero attached hydrogens (tertiary/aromatic N) is 5. The van der Waals surface area contributed by atoms with Gasteiger partial charge in [-0.3, -0.25) is 19.1 Å². The van der Waals surface area contributed by atoms with Gasteiger partial charge in [0.05, 0.1) is 43.3 Å². The van der Waals surface area contributed by atoms with Gasteiger partial charge in [0.2, 0.25) is 5.91 Å². The molecule has 4 atom stereocenters. The first-order valence-electron chi connectivity index (χ1n) is 17.6. The number of amides is 2. The van der Waals surface area contributed by atoms with Crippen LogP contribution in [0.25, 0.3) is 28.2 Å². The van der Waals surface area contributed by atoms with E-state index in [-0.39, 0.29) is 41.4 Å². The molecular weight excluding hydrogens is 634 g/mol.